The highest BCUT2D eigenvalue weighted by atomic mass is 32.1. The highest BCUT2D eigenvalue weighted by Crippen LogP contribution is 2.32. The van der Waals surface area contributed by atoms with E-state index in [4.69, 9.17) is 15.2 Å². The van der Waals surface area contributed by atoms with Crippen LogP contribution in [0.5, 0.6) is 0 Å². The molecule has 1 aromatic heterocycles. The van der Waals surface area contributed by atoms with Crippen LogP contribution in [-0.4, -0.2) is 43.2 Å². The van der Waals surface area contributed by atoms with Crippen molar-refractivity contribution in [3.63, 3.8) is 0 Å². The minimum Gasteiger partial charge on any atom is -0.466 e. The van der Waals surface area contributed by atoms with Gasteiger partial charge in [-0.1, -0.05) is 11.3 Å². The zero-order chi connectivity index (χ0) is 16.1. The minimum absolute atomic E-state index is 0.0850. The van der Waals surface area contributed by atoms with Crippen LogP contribution in [0.25, 0.3) is 0 Å². The monoisotopic (exact) mass is 327 g/mol. The molecule has 0 aromatic carbocycles. The van der Waals surface area contributed by atoms with Crippen molar-refractivity contribution in [1.82, 2.24) is 4.98 Å². The Kier molecular flexibility index (Phi) is 5.59. The summed E-state index contributed by atoms with van der Waals surface area (Å²) in [5.74, 6) is -0.0775. The van der Waals surface area contributed by atoms with E-state index in [1.165, 1.54) is 0 Å². The number of anilines is 2. The van der Waals surface area contributed by atoms with Crippen LogP contribution in [0.2, 0.25) is 0 Å². The van der Waals surface area contributed by atoms with E-state index in [2.05, 4.69) is 4.98 Å². The number of carbonyl (C=O) groups excluding carboxylic acids is 2. The number of hydrogen-bond acceptors (Lipinski definition) is 8. The van der Waals surface area contributed by atoms with E-state index in [1.54, 1.807) is 13.8 Å². The maximum Gasteiger partial charge on any atom is 0.352 e. The van der Waals surface area contributed by atoms with Crippen LogP contribution in [0, 0.1) is 5.92 Å². The van der Waals surface area contributed by atoms with Gasteiger partial charge in [0.15, 0.2) is 15.8 Å². The van der Waals surface area contributed by atoms with Crippen LogP contribution in [-0.2, 0) is 14.3 Å². The maximum absolute atomic E-state index is 12.0. The lowest BCUT2D eigenvalue weighted by Crippen LogP contribution is -2.37. The summed E-state index contributed by atoms with van der Waals surface area (Å²) in [6, 6.07) is 0. The molecule has 0 unspecified atom stereocenters. The molecule has 2 rings (SSSR count). The summed E-state index contributed by atoms with van der Waals surface area (Å²) in [7, 11) is 0. The van der Waals surface area contributed by atoms with Crippen LogP contribution in [0.1, 0.15) is 36.4 Å². The summed E-state index contributed by atoms with van der Waals surface area (Å²) >= 11 is 1.13. The Morgan fingerprint density at radius 1 is 1.27 bits per heavy atom. The van der Waals surface area contributed by atoms with Crippen molar-refractivity contribution in [3.05, 3.63) is 4.88 Å². The van der Waals surface area contributed by atoms with Gasteiger partial charge in [0.05, 0.1) is 19.1 Å². The second-order valence-corrected chi connectivity index (χ2v) is 5.97. The molecule has 1 aliphatic rings. The van der Waals surface area contributed by atoms with Crippen LogP contribution in [0.3, 0.4) is 0 Å². The molecular weight excluding hydrogens is 306 g/mol. The lowest BCUT2D eigenvalue weighted by molar-refractivity contribution is -0.148. The molecule has 0 saturated carbocycles. The Morgan fingerprint density at radius 2 is 1.91 bits per heavy atom. The van der Waals surface area contributed by atoms with E-state index in [9.17, 15) is 9.59 Å². The first-order chi connectivity index (χ1) is 10.6. The number of carbonyl (C=O) groups is 2. The summed E-state index contributed by atoms with van der Waals surface area (Å²) in [4.78, 5) is 30.4. The standard InChI is InChI=1S/C14H21N3O4S/c1-3-20-12(18)9-5-7-17(8-6-9)11-10(13(19)21-4-2)22-14(15)16-11/h9H,3-8H2,1-2H3,(H2,15,16). The molecule has 1 aliphatic heterocycles. The van der Waals surface area contributed by atoms with Crippen molar-refractivity contribution < 1.29 is 19.1 Å². The molecule has 1 fully saturated rings. The van der Waals surface area contributed by atoms with Crippen molar-refractivity contribution in [2.24, 2.45) is 5.92 Å². The van der Waals surface area contributed by atoms with E-state index in [-0.39, 0.29) is 11.9 Å². The maximum atomic E-state index is 12.0. The van der Waals surface area contributed by atoms with Crippen LogP contribution in [0.15, 0.2) is 0 Å². The quantitative estimate of drug-likeness (QED) is 0.822. The molecule has 2 heterocycles. The first-order valence-corrected chi connectivity index (χ1v) is 8.23. The third kappa shape index (κ3) is 3.68. The molecule has 8 heteroatoms. The van der Waals surface area contributed by atoms with Gasteiger partial charge in [-0.15, -0.1) is 0 Å². The zero-order valence-electron chi connectivity index (χ0n) is 12.8. The molecule has 7 nitrogen and oxygen atoms in total. The highest BCUT2D eigenvalue weighted by Gasteiger charge is 2.30. The van der Waals surface area contributed by atoms with Crippen LogP contribution >= 0.6 is 11.3 Å². The topological polar surface area (TPSA) is 94.8 Å². The van der Waals surface area contributed by atoms with Gasteiger partial charge in [0.1, 0.15) is 0 Å². The molecule has 1 aromatic rings. The molecule has 0 amide bonds. The number of piperidine rings is 1. The van der Waals surface area contributed by atoms with Gasteiger partial charge in [-0.2, -0.15) is 0 Å². The Hall–Kier alpha value is -1.83. The largest absolute Gasteiger partial charge is 0.466 e. The summed E-state index contributed by atoms with van der Waals surface area (Å²) in [6.45, 7) is 5.54. The zero-order valence-corrected chi connectivity index (χ0v) is 13.6. The molecule has 0 aliphatic carbocycles. The van der Waals surface area contributed by atoms with Gasteiger partial charge < -0.3 is 20.1 Å². The fourth-order valence-electron chi connectivity index (χ4n) is 2.46. The summed E-state index contributed by atoms with van der Waals surface area (Å²) < 4.78 is 10.1. The van der Waals surface area contributed by atoms with Crippen LogP contribution in [0.4, 0.5) is 10.9 Å². The van der Waals surface area contributed by atoms with Gasteiger partial charge in [-0.05, 0) is 26.7 Å². The van der Waals surface area contributed by atoms with E-state index in [1.807, 2.05) is 4.90 Å². The normalized spacial score (nSPS) is 15.6. The smallest absolute Gasteiger partial charge is 0.352 e. The van der Waals surface area contributed by atoms with Gasteiger partial charge in [-0.25, -0.2) is 9.78 Å². The van der Waals surface area contributed by atoms with Gasteiger partial charge in [0.25, 0.3) is 0 Å². The lowest BCUT2D eigenvalue weighted by Gasteiger charge is -2.31. The SMILES string of the molecule is CCOC(=O)c1sc(N)nc1N1CCC(C(=O)OCC)CC1. The van der Waals surface area contributed by atoms with Crippen LogP contribution < -0.4 is 10.6 Å². The van der Waals surface area contributed by atoms with Crippen molar-refractivity contribution in [2.45, 2.75) is 26.7 Å². The molecular formula is C14H21N3O4S. The Labute approximate surface area is 133 Å². The number of nitrogen functional groups attached to an aromatic ring is 1. The molecule has 2 N–H and O–H groups in total. The average Bonchev–Trinajstić information content (AvgIpc) is 2.90. The van der Waals surface area contributed by atoms with Crippen molar-refractivity contribution in [2.75, 3.05) is 36.9 Å². The fourth-order valence-corrected chi connectivity index (χ4v) is 3.21. The molecule has 0 atom stereocenters. The third-order valence-electron chi connectivity index (χ3n) is 3.50. The molecule has 1 saturated heterocycles. The van der Waals surface area contributed by atoms with Crippen molar-refractivity contribution >= 4 is 34.2 Å². The fraction of sp³-hybridized carbons (Fsp3) is 0.643. The molecule has 0 radical (unpaired) electrons. The molecule has 122 valence electrons. The second kappa shape index (κ2) is 7.44. The Balaban J connectivity index is 2.05. The van der Waals surface area contributed by atoms with Gasteiger partial charge in [-0.3, -0.25) is 4.79 Å². The number of aromatic nitrogens is 1. The summed E-state index contributed by atoms with van der Waals surface area (Å²) in [5, 5.41) is 0.338. The van der Waals surface area contributed by atoms with Gasteiger partial charge in [0, 0.05) is 13.1 Å². The predicted molar refractivity (Wildman–Crippen MR) is 84.1 cm³/mol. The third-order valence-corrected chi connectivity index (χ3v) is 4.35. The first kappa shape index (κ1) is 16.5. The van der Waals surface area contributed by atoms with Crippen molar-refractivity contribution in [1.29, 1.82) is 0 Å². The van der Waals surface area contributed by atoms with E-state index in [0.29, 0.717) is 55.0 Å². The van der Waals surface area contributed by atoms with E-state index >= 15 is 0 Å². The second-order valence-electron chi connectivity index (χ2n) is 4.94. The summed E-state index contributed by atoms with van der Waals surface area (Å²) in [6.07, 6.45) is 1.36. The number of hydrogen-bond donors (Lipinski definition) is 1. The van der Waals surface area contributed by atoms with Gasteiger partial charge >= 0.3 is 11.9 Å². The van der Waals surface area contributed by atoms with E-state index in [0.717, 1.165) is 11.3 Å². The minimum atomic E-state index is -0.404. The number of rotatable bonds is 5. The van der Waals surface area contributed by atoms with Gasteiger partial charge in [0.2, 0.25) is 0 Å². The average molecular weight is 327 g/mol. The summed E-state index contributed by atoms with van der Waals surface area (Å²) in [5.41, 5.74) is 5.73. The predicted octanol–water partition coefficient (Wildman–Crippen LogP) is 1.68. The molecule has 0 bridgehead atoms. The molecule has 0 spiro atoms. The number of nitrogens with zero attached hydrogens (tertiary/aromatic N) is 2. The van der Waals surface area contributed by atoms with E-state index < -0.39 is 5.97 Å². The first-order valence-electron chi connectivity index (χ1n) is 7.41. The Morgan fingerprint density at radius 3 is 2.50 bits per heavy atom. The van der Waals surface area contributed by atoms with Crippen molar-refractivity contribution in [3.8, 4) is 0 Å². The molecule has 22 heavy (non-hydrogen) atoms. The number of nitrogens with two attached hydrogens (primary N) is 1. The number of esters is 2. The number of thiazole rings is 1. The Bertz CT molecular complexity index is 538. The number of ether oxygens (including phenoxy) is 2. The highest BCUT2D eigenvalue weighted by molar-refractivity contribution is 7.17. The lowest BCUT2D eigenvalue weighted by atomic mass is 9.97.